The monoisotopic (exact) mass is 316 g/mol. The molecule has 1 saturated heterocycles. The molecule has 0 radical (unpaired) electrons. The van der Waals surface area contributed by atoms with Crippen molar-refractivity contribution in [3.05, 3.63) is 36.0 Å². The van der Waals surface area contributed by atoms with E-state index in [1.165, 1.54) is 10.9 Å². The molecule has 5 heteroatoms. The Balaban J connectivity index is 1.52. The first kappa shape index (κ1) is 16.0. The summed E-state index contributed by atoms with van der Waals surface area (Å²) in [5.74, 6) is 0.198. The van der Waals surface area contributed by atoms with Gasteiger partial charge in [0.2, 0.25) is 5.91 Å². The second-order valence-corrected chi connectivity index (χ2v) is 6.18. The summed E-state index contributed by atoms with van der Waals surface area (Å²) >= 11 is 0. The third-order valence-electron chi connectivity index (χ3n) is 4.46. The van der Waals surface area contributed by atoms with E-state index in [2.05, 4.69) is 17.1 Å². The summed E-state index contributed by atoms with van der Waals surface area (Å²) in [6.07, 6.45) is 4.31. The van der Waals surface area contributed by atoms with Gasteiger partial charge in [0.05, 0.1) is 13.2 Å². The number of ether oxygens (including phenoxy) is 1. The van der Waals surface area contributed by atoms with Crippen LogP contribution in [0.15, 0.2) is 30.5 Å². The molecule has 124 valence electrons. The number of aryl methyl sites for hydroxylation is 1. The van der Waals surface area contributed by atoms with Crippen LogP contribution in [0.1, 0.15) is 18.4 Å². The number of hydrogen-bond acceptors (Lipinski definition) is 3. The molecule has 1 aromatic heterocycles. The Kier molecular flexibility index (Phi) is 5.31. The van der Waals surface area contributed by atoms with Crippen LogP contribution in [0.5, 0.6) is 0 Å². The minimum atomic E-state index is 0.0371. The van der Waals surface area contributed by atoms with E-state index in [0.29, 0.717) is 32.7 Å². The molecule has 1 atom stereocenters. The van der Waals surface area contributed by atoms with Crippen LogP contribution in [-0.2, 0) is 16.0 Å². The maximum Gasteiger partial charge on any atom is 0.222 e. The number of benzene rings is 1. The molecule has 0 bridgehead atoms. The normalized spacial score (nSPS) is 19.0. The summed E-state index contributed by atoms with van der Waals surface area (Å²) < 4.78 is 5.43. The molecule has 1 fully saturated rings. The highest BCUT2D eigenvalue weighted by atomic mass is 16.5. The van der Waals surface area contributed by atoms with Gasteiger partial charge >= 0.3 is 0 Å². The summed E-state index contributed by atoms with van der Waals surface area (Å²) in [7, 11) is 0. The topological polar surface area (TPSA) is 65.6 Å². The number of aromatic nitrogens is 1. The van der Waals surface area contributed by atoms with Crippen LogP contribution in [0, 0.1) is 5.92 Å². The molecular formula is C18H24N2O3. The maximum atomic E-state index is 12.4. The highest BCUT2D eigenvalue weighted by molar-refractivity contribution is 5.83. The first-order chi connectivity index (χ1) is 11.3. The van der Waals surface area contributed by atoms with Gasteiger partial charge in [-0.05, 0) is 24.5 Å². The van der Waals surface area contributed by atoms with Crippen LogP contribution in [0.4, 0.5) is 0 Å². The Bertz CT molecular complexity index is 653. The molecule has 1 aliphatic rings. The van der Waals surface area contributed by atoms with Crippen LogP contribution >= 0.6 is 0 Å². The molecule has 3 rings (SSSR count). The Labute approximate surface area is 136 Å². The maximum absolute atomic E-state index is 12.4. The summed E-state index contributed by atoms with van der Waals surface area (Å²) in [5.41, 5.74) is 2.41. The van der Waals surface area contributed by atoms with Crippen LogP contribution in [0.2, 0.25) is 0 Å². The first-order valence-electron chi connectivity index (χ1n) is 8.29. The second-order valence-electron chi connectivity index (χ2n) is 6.18. The van der Waals surface area contributed by atoms with Crippen LogP contribution < -0.4 is 0 Å². The van der Waals surface area contributed by atoms with Crippen molar-refractivity contribution >= 4 is 16.8 Å². The van der Waals surface area contributed by atoms with Gasteiger partial charge in [0, 0.05) is 49.1 Å². The van der Waals surface area contributed by atoms with E-state index in [1.54, 1.807) is 0 Å². The molecule has 1 aromatic carbocycles. The molecule has 0 unspecified atom stereocenters. The minimum absolute atomic E-state index is 0.0371. The van der Waals surface area contributed by atoms with E-state index >= 15 is 0 Å². The third-order valence-corrected chi connectivity index (χ3v) is 4.46. The number of hydrogen-bond donors (Lipinski definition) is 2. The Morgan fingerprint density at radius 2 is 2.26 bits per heavy atom. The van der Waals surface area contributed by atoms with Crippen molar-refractivity contribution in [1.82, 2.24) is 9.88 Å². The fourth-order valence-electron chi connectivity index (χ4n) is 3.14. The van der Waals surface area contributed by atoms with Gasteiger partial charge in [-0.15, -0.1) is 0 Å². The number of amides is 1. The predicted molar refractivity (Wildman–Crippen MR) is 89.2 cm³/mol. The molecule has 5 nitrogen and oxygen atoms in total. The van der Waals surface area contributed by atoms with Crippen molar-refractivity contribution in [3.63, 3.8) is 0 Å². The fourth-order valence-corrected chi connectivity index (χ4v) is 3.14. The van der Waals surface area contributed by atoms with Gasteiger partial charge in [0.1, 0.15) is 0 Å². The van der Waals surface area contributed by atoms with Crippen molar-refractivity contribution in [2.45, 2.75) is 19.3 Å². The lowest BCUT2D eigenvalue weighted by atomic mass is 10.1. The molecule has 0 aliphatic carbocycles. The zero-order valence-electron chi connectivity index (χ0n) is 13.3. The third kappa shape index (κ3) is 3.92. The van der Waals surface area contributed by atoms with Crippen molar-refractivity contribution in [3.8, 4) is 0 Å². The Morgan fingerprint density at radius 1 is 1.39 bits per heavy atom. The number of para-hydroxylation sites is 1. The Morgan fingerprint density at radius 3 is 3.13 bits per heavy atom. The molecule has 1 amide bonds. The van der Waals surface area contributed by atoms with Crippen molar-refractivity contribution in [1.29, 1.82) is 0 Å². The van der Waals surface area contributed by atoms with E-state index in [4.69, 9.17) is 4.74 Å². The van der Waals surface area contributed by atoms with Crippen molar-refractivity contribution < 1.29 is 14.6 Å². The number of carbonyl (C=O) groups excluding carboxylic acids is 1. The van der Waals surface area contributed by atoms with Crippen LogP contribution in [0.25, 0.3) is 10.9 Å². The summed E-state index contributed by atoms with van der Waals surface area (Å²) in [6.45, 7) is 2.39. The second kappa shape index (κ2) is 7.62. The highest BCUT2D eigenvalue weighted by Crippen LogP contribution is 2.19. The van der Waals surface area contributed by atoms with Crippen LogP contribution in [0.3, 0.4) is 0 Å². The van der Waals surface area contributed by atoms with E-state index in [9.17, 15) is 9.90 Å². The van der Waals surface area contributed by atoms with Gasteiger partial charge in [-0.2, -0.15) is 0 Å². The lowest BCUT2D eigenvalue weighted by Gasteiger charge is -2.22. The number of aliphatic hydroxyl groups is 1. The lowest BCUT2D eigenvalue weighted by Crippen LogP contribution is -2.36. The highest BCUT2D eigenvalue weighted by Gasteiger charge is 2.21. The molecule has 23 heavy (non-hydrogen) atoms. The summed E-state index contributed by atoms with van der Waals surface area (Å²) in [6, 6.07) is 8.24. The van der Waals surface area contributed by atoms with Gasteiger partial charge in [0.25, 0.3) is 0 Å². The number of nitrogens with zero attached hydrogens (tertiary/aromatic N) is 1. The number of carbonyl (C=O) groups is 1. The van der Waals surface area contributed by atoms with Crippen molar-refractivity contribution in [2.75, 3.05) is 32.9 Å². The standard InChI is InChI=1S/C18H24N2O3/c21-12-14-11-20(8-9-23-13-14)18(22)7-3-4-15-10-19-17-6-2-1-5-16(15)17/h1-2,5-6,10,14,19,21H,3-4,7-9,11-13H2/t14-/m1/s1. The quantitative estimate of drug-likeness (QED) is 0.886. The smallest absolute Gasteiger partial charge is 0.222 e. The number of H-pyrrole nitrogens is 1. The van der Waals surface area contributed by atoms with Gasteiger partial charge in [-0.1, -0.05) is 18.2 Å². The number of aromatic amines is 1. The number of rotatable bonds is 5. The van der Waals surface area contributed by atoms with E-state index < -0.39 is 0 Å². The van der Waals surface area contributed by atoms with Gasteiger partial charge < -0.3 is 19.7 Å². The molecule has 0 spiro atoms. The van der Waals surface area contributed by atoms with Crippen molar-refractivity contribution in [2.24, 2.45) is 5.92 Å². The van der Waals surface area contributed by atoms with Gasteiger partial charge in [-0.25, -0.2) is 0 Å². The zero-order chi connectivity index (χ0) is 16.1. The minimum Gasteiger partial charge on any atom is -0.396 e. The molecule has 2 N–H and O–H groups in total. The average molecular weight is 316 g/mol. The lowest BCUT2D eigenvalue weighted by molar-refractivity contribution is -0.131. The van der Waals surface area contributed by atoms with Crippen LogP contribution in [-0.4, -0.2) is 53.8 Å². The van der Waals surface area contributed by atoms with Gasteiger partial charge in [0.15, 0.2) is 0 Å². The Hall–Kier alpha value is -1.85. The van der Waals surface area contributed by atoms with E-state index in [-0.39, 0.29) is 18.4 Å². The number of aliphatic hydroxyl groups excluding tert-OH is 1. The molecular weight excluding hydrogens is 292 g/mol. The average Bonchev–Trinajstić information content (AvgIpc) is 2.83. The molecule has 1 aliphatic heterocycles. The van der Waals surface area contributed by atoms with Gasteiger partial charge in [-0.3, -0.25) is 4.79 Å². The summed E-state index contributed by atoms with van der Waals surface area (Å²) in [5, 5.41) is 10.5. The first-order valence-corrected chi connectivity index (χ1v) is 8.29. The number of fused-ring (bicyclic) bond motifs is 1. The van der Waals surface area contributed by atoms with E-state index in [1.807, 2.05) is 23.2 Å². The molecule has 2 aromatic rings. The number of nitrogens with one attached hydrogen (secondary N) is 1. The zero-order valence-corrected chi connectivity index (χ0v) is 13.3. The molecule has 2 heterocycles. The summed E-state index contributed by atoms with van der Waals surface area (Å²) in [4.78, 5) is 17.5. The SMILES string of the molecule is O=C(CCCc1c[nH]c2ccccc12)N1CCOC[C@@H](CO)C1. The predicted octanol–water partition coefficient (Wildman–Crippen LogP) is 1.96. The fraction of sp³-hybridized carbons (Fsp3) is 0.500. The largest absolute Gasteiger partial charge is 0.396 e. The van der Waals surface area contributed by atoms with E-state index in [0.717, 1.165) is 18.4 Å². The molecule has 0 saturated carbocycles.